The van der Waals surface area contributed by atoms with Crippen molar-refractivity contribution in [3.63, 3.8) is 0 Å². The van der Waals surface area contributed by atoms with Gasteiger partial charge in [0.15, 0.2) is 5.03 Å². The van der Waals surface area contributed by atoms with Gasteiger partial charge in [-0.1, -0.05) is 6.92 Å². The summed E-state index contributed by atoms with van der Waals surface area (Å²) < 4.78 is 29.1. The highest BCUT2D eigenvalue weighted by Crippen LogP contribution is 2.26. The van der Waals surface area contributed by atoms with E-state index in [9.17, 15) is 13.2 Å². The van der Waals surface area contributed by atoms with Crippen LogP contribution in [-0.2, 0) is 14.8 Å². The van der Waals surface area contributed by atoms with Gasteiger partial charge in [-0.2, -0.15) is 4.31 Å². The number of sulfonamides is 1. The van der Waals surface area contributed by atoms with Crippen LogP contribution in [0.3, 0.4) is 0 Å². The summed E-state index contributed by atoms with van der Waals surface area (Å²) in [5, 5.41) is 0.0751. The number of nitrogens with zero attached hydrogens (tertiary/aromatic N) is 4. The van der Waals surface area contributed by atoms with Crippen LogP contribution in [-0.4, -0.2) is 59.3 Å². The second-order valence-corrected chi connectivity index (χ2v) is 9.85. The largest absolute Gasteiger partial charge is 0.342 e. The molecular formula is C18H30N4O3S. The Morgan fingerprint density at radius 2 is 1.88 bits per heavy atom. The molecule has 146 valence electrons. The van der Waals surface area contributed by atoms with Crippen molar-refractivity contribution in [3.05, 3.63) is 12.5 Å². The molecule has 3 rings (SSSR count). The molecule has 2 fully saturated rings. The van der Waals surface area contributed by atoms with Crippen LogP contribution in [0.15, 0.2) is 17.6 Å². The van der Waals surface area contributed by atoms with Gasteiger partial charge >= 0.3 is 0 Å². The molecule has 0 unspecified atom stereocenters. The molecule has 0 aliphatic carbocycles. The van der Waals surface area contributed by atoms with Gasteiger partial charge in [0.25, 0.3) is 10.0 Å². The number of likely N-dealkylation sites (tertiary alicyclic amines) is 1. The second-order valence-electron chi connectivity index (χ2n) is 7.96. The van der Waals surface area contributed by atoms with Gasteiger partial charge in [-0.25, -0.2) is 13.4 Å². The molecule has 2 aliphatic rings. The Bertz CT molecular complexity index is 735. The van der Waals surface area contributed by atoms with Crippen LogP contribution in [0, 0.1) is 11.8 Å². The maximum absolute atomic E-state index is 12.9. The summed E-state index contributed by atoms with van der Waals surface area (Å²) in [6.45, 7) is 8.48. The summed E-state index contributed by atoms with van der Waals surface area (Å²) in [4.78, 5) is 18.9. The zero-order valence-corrected chi connectivity index (χ0v) is 16.8. The van der Waals surface area contributed by atoms with Crippen molar-refractivity contribution >= 4 is 15.9 Å². The lowest BCUT2D eigenvalue weighted by molar-refractivity contribution is -0.138. The van der Waals surface area contributed by atoms with Gasteiger partial charge in [0, 0.05) is 38.4 Å². The van der Waals surface area contributed by atoms with Crippen molar-refractivity contribution < 1.29 is 13.2 Å². The van der Waals surface area contributed by atoms with E-state index in [1.807, 2.05) is 18.7 Å². The van der Waals surface area contributed by atoms with Crippen LogP contribution in [0.2, 0.25) is 0 Å². The summed E-state index contributed by atoms with van der Waals surface area (Å²) in [5.41, 5.74) is 0. The standard InChI is InChI=1S/C18H30N4O3S/c1-14(2)21-12-17(19-13-21)26(24,25)22-8-4-5-16(11-22)18(23)20-9-6-15(3)7-10-20/h12-16H,4-11H2,1-3H3/t16-/m1/s1. The van der Waals surface area contributed by atoms with Gasteiger partial charge < -0.3 is 9.47 Å². The maximum Gasteiger partial charge on any atom is 0.262 e. The monoisotopic (exact) mass is 382 g/mol. The van der Waals surface area contributed by atoms with Gasteiger partial charge in [-0.3, -0.25) is 4.79 Å². The zero-order chi connectivity index (χ0) is 18.9. The lowest BCUT2D eigenvalue weighted by atomic mass is 9.94. The Balaban J connectivity index is 1.70. The van der Waals surface area contributed by atoms with E-state index < -0.39 is 10.0 Å². The highest BCUT2D eigenvalue weighted by molar-refractivity contribution is 7.89. The number of aromatic nitrogens is 2. The van der Waals surface area contributed by atoms with Gasteiger partial charge in [-0.15, -0.1) is 0 Å². The van der Waals surface area contributed by atoms with Crippen LogP contribution in [0.4, 0.5) is 0 Å². The van der Waals surface area contributed by atoms with E-state index in [1.165, 1.54) is 4.31 Å². The molecule has 0 saturated carbocycles. The van der Waals surface area contributed by atoms with E-state index in [2.05, 4.69) is 11.9 Å². The number of piperidine rings is 2. The number of amides is 1. The van der Waals surface area contributed by atoms with Crippen LogP contribution in [0.5, 0.6) is 0 Å². The predicted molar refractivity (Wildman–Crippen MR) is 99.1 cm³/mol. The summed E-state index contributed by atoms with van der Waals surface area (Å²) in [6.07, 6.45) is 6.68. The van der Waals surface area contributed by atoms with Crippen molar-refractivity contribution in [2.75, 3.05) is 26.2 Å². The van der Waals surface area contributed by atoms with Crippen LogP contribution in [0.1, 0.15) is 52.5 Å². The van der Waals surface area contributed by atoms with E-state index in [1.54, 1.807) is 17.1 Å². The molecule has 7 nitrogen and oxygen atoms in total. The van der Waals surface area contributed by atoms with E-state index in [-0.39, 0.29) is 29.4 Å². The Kier molecular flexibility index (Phi) is 5.72. The molecule has 1 aromatic heterocycles. The number of rotatable bonds is 4. The molecule has 1 amide bonds. The number of imidazole rings is 1. The van der Waals surface area contributed by atoms with Crippen molar-refractivity contribution in [2.45, 2.75) is 57.5 Å². The third-order valence-electron chi connectivity index (χ3n) is 5.61. The first kappa shape index (κ1) is 19.4. The highest BCUT2D eigenvalue weighted by Gasteiger charge is 2.36. The molecule has 0 aromatic carbocycles. The van der Waals surface area contributed by atoms with Gasteiger partial charge in [0.2, 0.25) is 5.91 Å². The first-order chi connectivity index (χ1) is 12.3. The Morgan fingerprint density at radius 1 is 1.19 bits per heavy atom. The molecule has 3 heterocycles. The molecule has 2 saturated heterocycles. The molecule has 0 N–H and O–H groups in total. The molecule has 26 heavy (non-hydrogen) atoms. The Morgan fingerprint density at radius 3 is 2.50 bits per heavy atom. The minimum Gasteiger partial charge on any atom is -0.342 e. The van der Waals surface area contributed by atoms with E-state index in [0.29, 0.717) is 18.9 Å². The van der Waals surface area contributed by atoms with Crippen LogP contribution >= 0.6 is 0 Å². The first-order valence-electron chi connectivity index (χ1n) is 9.61. The molecule has 0 bridgehead atoms. The first-order valence-corrected chi connectivity index (χ1v) is 11.1. The molecule has 8 heteroatoms. The zero-order valence-electron chi connectivity index (χ0n) is 16.0. The topological polar surface area (TPSA) is 75.5 Å². The fraction of sp³-hybridized carbons (Fsp3) is 0.778. The lowest BCUT2D eigenvalue weighted by Gasteiger charge is -2.36. The quantitative estimate of drug-likeness (QED) is 0.799. The van der Waals surface area contributed by atoms with Crippen LogP contribution in [0.25, 0.3) is 0 Å². The SMILES string of the molecule is CC1CCN(C(=O)[C@@H]2CCCN(S(=O)(=O)c3cn(C(C)C)cn3)C2)CC1. The average Bonchev–Trinajstić information content (AvgIpc) is 3.13. The minimum absolute atomic E-state index is 0.0751. The molecular weight excluding hydrogens is 352 g/mol. The molecule has 1 aromatic rings. The van der Waals surface area contributed by atoms with E-state index in [4.69, 9.17) is 0 Å². The highest BCUT2D eigenvalue weighted by atomic mass is 32.2. The van der Waals surface area contributed by atoms with Gasteiger partial charge in [-0.05, 0) is 45.4 Å². The summed E-state index contributed by atoms with van der Waals surface area (Å²) in [7, 11) is -3.65. The summed E-state index contributed by atoms with van der Waals surface area (Å²) in [6, 6.07) is 0.156. The Labute approximate surface area is 156 Å². The fourth-order valence-corrected chi connectivity index (χ4v) is 5.16. The number of hydrogen-bond donors (Lipinski definition) is 0. The van der Waals surface area contributed by atoms with Crippen molar-refractivity contribution in [1.82, 2.24) is 18.8 Å². The molecule has 0 spiro atoms. The number of carbonyl (C=O) groups is 1. The second kappa shape index (κ2) is 7.68. The average molecular weight is 383 g/mol. The normalized spacial score (nSPS) is 23.5. The third kappa shape index (κ3) is 3.96. The maximum atomic E-state index is 12.9. The smallest absolute Gasteiger partial charge is 0.262 e. The fourth-order valence-electron chi connectivity index (χ4n) is 3.72. The third-order valence-corrected chi connectivity index (χ3v) is 7.36. The molecule has 0 radical (unpaired) electrons. The Hall–Kier alpha value is -1.41. The van der Waals surface area contributed by atoms with E-state index >= 15 is 0 Å². The van der Waals surface area contributed by atoms with Crippen molar-refractivity contribution in [2.24, 2.45) is 11.8 Å². The van der Waals surface area contributed by atoms with Crippen molar-refractivity contribution in [1.29, 1.82) is 0 Å². The molecule has 2 aliphatic heterocycles. The number of hydrogen-bond acceptors (Lipinski definition) is 4. The van der Waals surface area contributed by atoms with E-state index in [0.717, 1.165) is 32.4 Å². The van der Waals surface area contributed by atoms with Crippen LogP contribution < -0.4 is 0 Å². The van der Waals surface area contributed by atoms with Gasteiger partial charge in [0.1, 0.15) is 0 Å². The van der Waals surface area contributed by atoms with Gasteiger partial charge in [0.05, 0.1) is 12.2 Å². The molecule has 1 atom stereocenters. The summed E-state index contributed by atoms with van der Waals surface area (Å²) in [5.74, 6) is 0.543. The number of carbonyl (C=O) groups excluding carboxylic acids is 1. The minimum atomic E-state index is -3.65. The lowest BCUT2D eigenvalue weighted by Crippen LogP contribution is -2.48. The predicted octanol–water partition coefficient (Wildman–Crippen LogP) is 2.12. The van der Waals surface area contributed by atoms with Crippen molar-refractivity contribution in [3.8, 4) is 0 Å². The summed E-state index contributed by atoms with van der Waals surface area (Å²) >= 11 is 0.